The van der Waals surface area contributed by atoms with Crippen molar-refractivity contribution in [2.24, 2.45) is 0 Å². The molecule has 0 unspecified atom stereocenters. The van der Waals surface area contributed by atoms with Crippen molar-refractivity contribution in [2.75, 3.05) is 36.2 Å². The molecule has 3 rings (SSSR count). The molecule has 1 aromatic heterocycles. The maximum Gasteiger partial charge on any atom is 0.277 e. The summed E-state index contributed by atoms with van der Waals surface area (Å²) in [6, 6.07) is 15.2. The molecule has 29 heavy (non-hydrogen) atoms. The van der Waals surface area contributed by atoms with Crippen LogP contribution in [-0.2, 0) is 4.79 Å². The number of rotatable bonds is 9. The number of hydrogen-bond donors (Lipinski definition) is 1. The summed E-state index contributed by atoms with van der Waals surface area (Å²) in [5, 5.41) is 11.3. The van der Waals surface area contributed by atoms with Gasteiger partial charge in [0.1, 0.15) is 5.75 Å². The van der Waals surface area contributed by atoms with Crippen LogP contribution >= 0.6 is 11.8 Å². The van der Waals surface area contributed by atoms with Crippen LogP contribution in [0.2, 0.25) is 0 Å². The third-order valence-corrected chi connectivity index (χ3v) is 5.17. The number of methoxy groups -OCH3 is 1. The van der Waals surface area contributed by atoms with Crippen molar-refractivity contribution in [1.82, 2.24) is 10.2 Å². The number of nitrogens with zero attached hydrogens (tertiary/aromatic N) is 3. The van der Waals surface area contributed by atoms with Gasteiger partial charge in [0.25, 0.3) is 5.22 Å². The number of thioether (sulfide) groups is 1. The molecule has 0 atom stereocenters. The molecule has 0 fully saturated rings. The van der Waals surface area contributed by atoms with Gasteiger partial charge >= 0.3 is 0 Å². The summed E-state index contributed by atoms with van der Waals surface area (Å²) in [6.07, 6.45) is 0. The third kappa shape index (κ3) is 5.51. The topological polar surface area (TPSA) is 80.5 Å². The number of anilines is 2. The summed E-state index contributed by atoms with van der Waals surface area (Å²) in [5.74, 6) is 1.21. The first-order valence-corrected chi connectivity index (χ1v) is 10.4. The molecule has 1 heterocycles. The summed E-state index contributed by atoms with van der Waals surface area (Å²) in [6.45, 7) is 6.13. The Kier molecular flexibility index (Phi) is 7.13. The van der Waals surface area contributed by atoms with E-state index >= 15 is 0 Å². The zero-order valence-corrected chi connectivity index (χ0v) is 17.5. The molecule has 3 aromatic rings. The number of ether oxygens (including phenoxy) is 1. The van der Waals surface area contributed by atoms with Gasteiger partial charge in [-0.15, -0.1) is 10.2 Å². The van der Waals surface area contributed by atoms with Crippen LogP contribution in [0.5, 0.6) is 5.75 Å². The Morgan fingerprint density at radius 1 is 1.07 bits per heavy atom. The van der Waals surface area contributed by atoms with Gasteiger partial charge in [0.15, 0.2) is 0 Å². The lowest BCUT2D eigenvalue weighted by atomic mass is 10.2. The summed E-state index contributed by atoms with van der Waals surface area (Å²) in [5.41, 5.74) is 2.69. The molecule has 0 bridgehead atoms. The Bertz CT molecular complexity index is 922. The number of amides is 1. The van der Waals surface area contributed by atoms with Crippen molar-refractivity contribution >= 4 is 29.0 Å². The Morgan fingerprint density at radius 3 is 2.38 bits per heavy atom. The van der Waals surface area contributed by atoms with E-state index in [1.807, 2.05) is 48.5 Å². The van der Waals surface area contributed by atoms with Gasteiger partial charge in [-0.3, -0.25) is 4.79 Å². The molecule has 1 amide bonds. The maximum absolute atomic E-state index is 12.2. The van der Waals surface area contributed by atoms with Gasteiger partial charge < -0.3 is 19.4 Å². The van der Waals surface area contributed by atoms with E-state index in [2.05, 4.69) is 34.3 Å². The molecule has 0 aliphatic heterocycles. The molecule has 0 aliphatic rings. The van der Waals surface area contributed by atoms with Crippen LogP contribution in [-0.4, -0.2) is 42.1 Å². The quantitative estimate of drug-likeness (QED) is 0.524. The molecule has 0 spiro atoms. The first-order valence-electron chi connectivity index (χ1n) is 9.38. The lowest BCUT2D eigenvalue weighted by Crippen LogP contribution is -2.21. The Labute approximate surface area is 174 Å². The monoisotopic (exact) mass is 412 g/mol. The zero-order valence-electron chi connectivity index (χ0n) is 16.7. The summed E-state index contributed by atoms with van der Waals surface area (Å²) in [4.78, 5) is 14.5. The van der Waals surface area contributed by atoms with Crippen molar-refractivity contribution in [2.45, 2.75) is 19.1 Å². The summed E-state index contributed by atoms with van der Waals surface area (Å²) in [7, 11) is 1.61. The average molecular weight is 413 g/mol. The predicted molar refractivity (Wildman–Crippen MR) is 116 cm³/mol. The van der Waals surface area contributed by atoms with Crippen LogP contribution in [0.3, 0.4) is 0 Å². The number of hydrogen-bond acceptors (Lipinski definition) is 7. The van der Waals surface area contributed by atoms with E-state index in [4.69, 9.17) is 9.15 Å². The van der Waals surface area contributed by atoms with Gasteiger partial charge in [-0.1, -0.05) is 11.8 Å². The van der Waals surface area contributed by atoms with Crippen molar-refractivity contribution < 1.29 is 13.9 Å². The standard InChI is InChI=1S/C21H24N4O3S/c1-4-25(5-2)17-10-8-16(9-11-17)22-19(26)14-29-21-24-23-20(28-21)15-6-12-18(27-3)13-7-15/h6-13H,4-5,14H2,1-3H3,(H,22,26). The van der Waals surface area contributed by atoms with Crippen LogP contribution in [0.15, 0.2) is 58.2 Å². The van der Waals surface area contributed by atoms with Crippen LogP contribution in [0.25, 0.3) is 11.5 Å². The second kappa shape index (κ2) is 9.97. The van der Waals surface area contributed by atoms with Gasteiger partial charge in [-0.2, -0.15) is 0 Å². The van der Waals surface area contributed by atoms with Gasteiger partial charge in [0, 0.05) is 30.0 Å². The molecule has 7 nitrogen and oxygen atoms in total. The molecule has 1 N–H and O–H groups in total. The number of benzene rings is 2. The SMILES string of the molecule is CCN(CC)c1ccc(NC(=O)CSc2nnc(-c3ccc(OC)cc3)o2)cc1. The van der Waals surface area contributed by atoms with Crippen LogP contribution in [0, 0.1) is 0 Å². The fourth-order valence-electron chi connectivity index (χ4n) is 2.79. The molecule has 0 aliphatic carbocycles. The normalized spacial score (nSPS) is 10.6. The Balaban J connectivity index is 1.52. The van der Waals surface area contributed by atoms with E-state index in [1.54, 1.807) is 7.11 Å². The highest BCUT2D eigenvalue weighted by Crippen LogP contribution is 2.25. The summed E-state index contributed by atoms with van der Waals surface area (Å²) < 4.78 is 10.8. The molecule has 8 heteroatoms. The highest BCUT2D eigenvalue weighted by molar-refractivity contribution is 7.99. The van der Waals surface area contributed by atoms with Gasteiger partial charge in [0.2, 0.25) is 11.8 Å². The Morgan fingerprint density at radius 2 is 1.76 bits per heavy atom. The maximum atomic E-state index is 12.2. The third-order valence-electron chi connectivity index (χ3n) is 4.35. The second-order valence-corrected chi connectivity index (χ2v) is 7.08. The van der Waals surface area contributed by atoms with Crippen LogP contribution in [0.1, 0.15) is 13.8 Å². The van der Waals surface area contributed by atoms with E-state index in [1.165, 1.54) is 11.8 Å². The number of aromatic nitrogens is 2. The van der Waals surface area contributed by atoms with Crippen LogP contribution in [0.4, 0.5) is 11.4 Å². The zero-order chi connectivity index (χ0) is 20.6. The van der Waals surface area contributed by atoms with Crippen molar-refractivity contribution in [3.8, 4) is 17.2 Å². The molecule has 0 saturated carbocycles. The molecule has 2 aromatic carbocycles. The average Bonchev–Trinajstić information content (AvgIpc) is 3.23. The molecule has 0 saturated heterocycles. The second-order valence-electron chi connectivity index (χ2n) is 6.16. The van der Waals surface area contributed by atoms with Crippen molar-refractivity contribution in [1.29, 1.82) is 0 Å². The van der Waals surface area contributed by atoms with Gasteiger partial charge in [-0.05, 0) is 62.4 Å². The highest BCUT2D eigenvalue weighted by atomic mass is 32.2. The molecule has 152 valence electrons. The lowest BCUT2D eigenvalue weighted by Gasteiger charge is -2.21. The highest BCUT2D eigenvalue weighted by Gasteiger charge is 2.12. The number of carbonyl (C=O) groups is 1. The first-order chi connectivity index (χ1) is 14.1. The Hall–Kier alpha value is -3.00. The van der Waals surface area contributed by atoms with E-state index in [-0.39, 0.29) is 11.7 Å². The van der Waals surface area contributed by atoms with Crippen molar-refractivity contribution in [3.63, 3.8) is 0 Å². The van der Waals surface area contributed by atoms with E-state index in [0.717, 1.165) is 35.8 Å². The number of carbonyl (C=O) groups excluding carboxylic acids is 1. The van der Waals surface area contributed by atoms with E-state index in [0.29, 0.717) is 11.1 Å². The molecular weight excluding hydrogens is 388 g/mol. The van der Waals surface area contributed by atoms with E-state index < -0.39 is 0 Å². The van der Waals surface area contributed by atoms with Crippen LogP contribution < -0.4 is 15.0 Å². The molecular formula is C21H24N4O3S. The smallest absolute Gasteiger partial charge is 0.277 e. The largest absolute Gasteiger partial charge is 0.497 e. The van der Waals surface area contributed by atoms with Gasteiger partial charge in [-0.25, -0.2) is 0 Å². The first kappa shape index (κ1) is 20.7. The minimum Gasteiger partial charge on any atom is -0.497 e. The fourth-order valence-corrected chi connectivity index (χ4v) is 3.35. The van der Waals surface area contributed by atoms with Gasteiger partial charge in [0.05, 0.1) is 12.9 Å². The summed E-state index contributed by atoms with van der Waals surface area (Å²) >= 11 is 1.20. The predicted octanol–water partition coefficient (Wildman–Crippen LogP) is 4.32. The van der Waals surface area contributed by atoms with E-state index in [9.17, 15) is 4.79 Å². The molecule has 0 radical (unpaired) electrons. The number of nitrogens with one attached hydrogen (secondary N) is 1. The minimum absolute atomic E-state index is 0.130. The fraction of sp³-hybridized carbons (Fsp3) is 0.286. The lowest BCUT2D eigenvalue weighted by molar-refractivity contribution is -0.113. The minimum atomic E-state index is -0.130. The van der Waals surface area contributed by atoms with Crippen molar-refractivity contribution in [3.05, 3.63) is 48.5 Å².